The fourth-order valence-corrected chi connectivity index (χ4v) is 3.01. The maximum atomic E-state index is 5.76. The van der Waals surface area contributed by atoms with Gasteiger partial charge in [0.2, 0.25) is 0 Å². The van der Waals surface area contributed by atoms with E-state index in [1.54, 1.807) is 6.33 Å². The van der Waals surface area contributed by atoms with Gasteiger partial charge in [-0.1, -0.05) is 20.8 Å². The van der Waals surface area contributed by atoms with Gasteiger partial charge in [-0.25, -0.2) is 9.67 Å². The first-order valence-corrected chi connectivity index (χ1v) is 8.31. The van der Waals surface area contributed by atoms with E-state index in [-0.39, 0.29) is 0 Å². The first-order valence-electron chi connectivity index (χ1n) is 8.31. The lowest BCUT2D eigenvalue weighted by atomic mass is 9.94. The van der Waals surface area contributed by atoms with Gasteiger partial charge in [0, 0.05) is 24.9 Å². The first kappa shape index (κ1) is 16.4. The molecule has 0 aliphatic carbocycles. The van der Waals surface area contributed by atoms with E-state index in [4.69, 9.17) is 4.74 Å². The quantitative estimate of drug-likeness (QED) is 0.799. The molecule has 3 atom stereocenters. The van der Waals surface area contributed by atoms with Crippen LogP contribution in [0, 0.1) is 11.8 Å². The molecule has 1 aliphatic heterocycles. The number of hydrogen-bond donors (Lipinski definition) is 1. The summed E-state index contributed by atoms with van der Waals surface area (Å²) in [5.74, 6) is 2.26. The minimum absolute atomic E-state index is 0.384. The van der Waals surface area contributed by atoms with Crippen molar-refractivity contribution in [3.8, 4) is 0 Å². The third kappa shape index (κ3) is 4.78. The Hall–Kier alpha value is -0.940. The minimum Gasteiger partial charge on any atom is -0.378 e. The molecule has 1 aliphatic rings. The molecule has 2 heterocycles. The molecule has 1 saturated heterocycles. The monoisotopic (exact) mass is 294 g/mol. The van der Waals surface area contributed by atoms with Gasteiger partial charge < -0.3 is 10.1 Å². The molecule has 2 rings (SSSR count). The molecule has 0 aromatic carbocycles. The molecule has 1 aromatic rings. The van der Waals surface area contributed by atoms with E-state index in [0.717, 1.165) is 44.8 Å². The van der Waals surface area contributed by atoms with Crippen LogP contribution in [0.4, 0.5) is 0 Å². The van der Waals surface area contributed by atoms with Gasteiger partial charge in [0.15, 0.2) is 0 Å². The van der Waals surface area contributed by atoms with E-state index in [1.807, 2.05) is 0 Å². The zero-order valence-electron chi connectivity index (χ0n) is 13.9. The van der Waals surface area contributed by atoms with Crippen molar-refractivity contribution in [3.63, 3.8) is 0 Å². The van der Waals surface area contributed by atoms with Gasteiger partial charge in [-0.05, 0) is 32.2 Å². The summed E-state index contributed by atoms with van der Waals surface area (Å²) in [4.78, 5) is 4.48. The van der Waals surface area contributed by atoms with Crippen LogP contribution in [0.2, 0.25) is 0 Å². The third-order valence-electron chi connectivity index (χ3n) is 4.09. The number of aromatic nitrogens is 3. The molecule has 0 amide bonds. The average molecular weight is 294 g/mol. The molecule has 5 nitrogen and oxygen atoms in total. The van der Waals surface area contributed by atoms with E-state index in [2.05, 4.69) is 47.8 Å². The summed E-state index contributed by atoms with van der Waals surface area (Å²) >= 11 is 0. The highest BCUT2D eigenvalue weighted by Gasteiger charge is 2.30. The predicted molar refractivity (Wildman–Crippen MR) is 84.2 cm³/mol. The SMILES string of the molecule is CCCNC(Cc1ncnn1CC(C)C)C1COC(C)C1. The van der Waals surface area contributed by atoms with Gasteiger partial charge in [0.05, 0.1) is 12.7 Å². The summed E-state index contributed by atoms with van der Waals surface area (Å²) in [5.41, 5.74) is 0. The molecule has 0 radical (unpaired) electrons. The van der Waals surface area contributed by atoms with Crippen molar-refractivity contribution < 1.29 is 4.74 Å². The number of nitrogens with one attached hydrogen (secondary N) is 1. The lowest BCUT2D eigenvalue weighted by Crippen LogP contribution is -2.39. The van der Waals surface area contributed by atoms with Crippen LogP contribution >= 0.6 is 0 Å². The average Bonchev–Trinajstić information content (AvgIpc) is 3.03. The summed E-state index contributed by atoms with van der Waals surface area (Å²) in [7, 11) is 0. The molecule has 0 spiro atoms. The molecular weight excluding hydrogens is 264 g/mol. The van der Waals surface area contributed by atoms with Crippen LogP contribution in [0.3, 0.4) is 0 Å². The number of ether oxygens (including phenoxy) is 1. The third-order valence-corrected chi connectivity index (χ3v) is 4.09. The van der Waals surface area contributed by atoms with Crippen molar-refractivity contribution in [1.82, 2.24) is 20.1 Å². The fourth-order valence-electron chi connectivity index (χ4n) is 3.01. The lowest BCUT2D eigenvalue weighted by Gasteiger charge is -2.24. The second-order valence-corrected chi connectivity index (χ2v) is 6.66. The summed E-state index contributed by atoms with van der Waals surface area (Å²) < 4.78 is 7.82. The summed E-state index contributed by atoms with van der Waals surface area (Å²) in [6, 6.07) is 0.435. The Balaban J connectivity index is 2.02. The maximum Gasteiger partial charge on any atom is 0.138 e. The van der Waals surface area contributed by atoms with Gasteiger partial charge in [-0.3, -0.25) is 0 Å². The Morgan fingerprint density at radius 1 is 1.48 bits per heavy atom. The van der Waals surface area contributed by atoms with Gasteiger partial charge >= 0.3 is 0 Å². The molecule has 1 aromatic heterocycles. The Morgan fingerprint density at radius 3 is 2.90 bits per heavy atom. The van der Waals surface area contributed by atoms with Gasteiger partial charge in [-0.2, -0.15) is 5.10 Å². The van der Waals surface area contributed by atoms with E-state index in [9.17, 15) is 0 Å². The standard InChI is InChI=1S/C16H30N4O/c1-5-6-17-15(14-7-13(4)21-10-14)8-16-18-11-19-20(16)9-12(2)3/h11-15,17H,5-10H2,1-4H3. The Bertz CT molecular complexity index is 418. The topological polar surface area (TPSA) is 52.0 Å². The number of hydrogen-bond acceptors (Lipinski definition) is 4. The van der Waals surface area contributed by atoms with Crippen molar-refractivity contribution in [1.29, 1.82) is 0 Å². The molecule has 0 saturated carbocycles. The van der Waals surface area contributed by atoms with Crippen LogP contribution in [-0.2, 0) is 17.7 Å². The first-order chi connectivity index (χ1) is 10.1. The van der Waals surface area contributed by atoms with Crippen molar-refractivity contribution >= 4 is 0 Å². The van der Waals surface area contributed by atoms with Crippen molar-refractivity contribution in [2.45, 2.75) is 65.6 Å². The lowest BCUT2D eigenvalue weighted by molar-refractivity contribution is 0.116. The zero-order chi connectivity index (χ0) is 15.2. The highest BCUT2D eigenvalue weighted by atomic mass is 16.5. The van der Waals surface area contributed by atoms with Crippen LogP contribution < -0.4 is 5.32 Å². The molecule has 0 bridgehead atoms. The Labute approximate surface area is 128 Å². The van der Waals surface area contributed by atoms with Crippen LogP contribution in [-0.4, -0.2) is 40.1 Å². The fraction of sp³-hybridized carbons (Fsp3) is 0.875. The molecule has 5 heteroatoms. The largest absolute Gasteiger partial charge is 0.378 e. The molecule has 1 fully saturated rings. The maximum absolute atomic E-state index is 5.76. The molecule has 21 heavy (non-hydrogen) atoms. The van der Waals surface area contributed by atoms with E-state index >= 15 is 0 Å². The summed E-state index contributed by atoms with van der Waals surface area (Å²) in [5, 5.41) is 8.07. The molecular formula is C16H30N4O. The summed E-state index contributed by atoms with van der Waals surface area (Å²) in [6.45, 7) is 11.6. The molecule has 3 unspecified atom stereocenters. The second kappa shape index (κ2) is 7.90. The molecule has 1 N–H and O–H groups in total. The van der Waals surface area contributed by atoms with Crippen molar-refractivity contribution in [3.05, 3.63) is 12.2 Å². The zero-order valence-corrected chi connectivity index (χ0v) is 13.9. The normalized spacial score (nSPS) is 23.9. The summed E-state index contributed by atoms with van der Waals surface area (Å²) in [6.07, 6.45) is 5.29. The van der Waals surface area contributed by atoms with Crippen LogP contribution in [0.1, 0.15) is 46.4 Å². The number of rotatable bonds is 8. The second-order valence-electron chi connectivity index (χ2n) is 6.66. The highest BCUT2D eigenvalue weighted by molar-refractivity contribution is 4.94. The Kier molecular flexibility index (Phi) is 6.18. The van der Waals surface area contributed by atoms with Gasteiger partial charge in [0.25, 0.3) is 0 Å². The van der Waals surface area contributed by atoms with Crippen LogP contribution in [0.5, 0.6) is 0 Å². The van der Waals surface area contributed by atoms with E-state index < -0.39 is 0 Å². The van der Waals surface area contributed by atoms with Gasteiger partial charge in [0.1, 0.15) is 12.2 Å². The van der Waals surface area contributed by atoms with Crippen molar-refractivity contribution in [2.24, 2.45) is 11.8 Å². The molecule has 120 valence electrons. The predicted octanol–water partition coefficient (Wildman–Crippen LogP) is 2.27. The van der Waals surface area contributed by atoms with Crippen LogP contribution in [0.15, 0.2) is 6.33 Å². The van der Waals surface area contributed by atoms with E-state index in [1.165, 1.54) is 0 Å². The smallest absolute Gasteiger partial charge is 0.138 e. The highest BCUT2D eigenvalue weighted by Crippen LogP contribution is 2.24. The van der Waals surface area contributed by atoms with Crippen LogP contribution in [0.25, 0.3) is 0 Å². The Morgan fingerprint density at radius 2 is 2.29 bits per heavy atom. The van der Waals surface area contributed by atoms with Crippen molar-refractivity contribution in [2.75, 3.05) is 13.2 Å². The number of nitrogens with zero attached hydrogens (tertiary/aromatic N) is 3. The van der Waals surface area contributed by atoms with Gasteiger partial charge in [-0.15, -0.1) is 0 Å². The van der Waals surface area contributed by atoms with E-state index in [0.29, 0.717) is 24.0 Å². The minimum atomic E-state index is 0.384.